The smallest absolute Gasteiger partial charge is 0.314 e. The average molecular weight is 220 g/mol. The summed E-state index contributed by atoms with van der Waals surface area (Å²) in [6.07, 6.45) is 1.07. The first-order chi connectivity index (χ1) is 7.59. The van der Waals surface area contributed by atoms with Crippen LogP contribution in [0.15, 0.2) is 18.3 Å². The van der Waals surface area contributed by atoms with E-state index in [1.165, 1.54) is 18.3 Å². The maximum absolute atomic E-state index is 11.8. The number of carbonyl (C=O) groups is 3. The number of aliphatic carboxylic acids is 1. The largest absolute Gasteiger partial charge is 0.481 e. The number of fused-ring (bicyclic) bond motifs is 1. The standard InChI is InChI=1S/C10H8N2O4/c13-7-4-6(10(15)16)8(14)5-2-1-3-11-9(5)12-7/h1-3,6H,4H2,(H,15,16)(H,11,12,13). The number of pyridine rings is 1. The van der Waals surface area contributed by atoms with Crippen molar-refractivity contribution in [3.63, 3.8) is 0 Å². The summed E-state index contributed by atoms with van der Waals surface area (Å²) in [6, 6.07) is 2.97. The highest BCUT2D eigenvalue weighted by atomic mass is 16.4. The molecule has 1 amide bonds. The van der Waals surface area contributed by atoms with E-state index in [1.54, 1.807) is 0 Å². The lowest BCUT2D eigenvalue weighted by molar-refractivity contribution is -0.141. The minimum absolute atomic E-state index is 0.126. The van der Waals surface area contributed by atoms with Gasteiger partial charge >= 0.3 is 5.97 Å². The van der Waals surface area contributed by atoms with Gasteiger partial charge in [0.15, 0.2) is 5.78 Å². The van der Waals surface area contributed by atoms with E-state index >= 15 is 0 Å². The number of hydrogen-bond donors (Lipinski definition) is 2. The molecule has 16 heavy (non-hydrogen) atoms. The average Bonchev–Trinajstić information content (AvgIpc) is 2.37. The summed E-state index contributed by atoms with van der Waals surface area (Å²) in [5.74, 6) is -3.60. The number of amides is 1. The van der Waals surface area contributed by atoms with Gasteiger partial charge in [-0.25, -0.2) is 4.98 Å². The highest BCUT2D eigenvalue weighted by Gasteiger charge is 2.34. The third-order valence-electron chi connectivity index (χ3n) is 2.34. The zero-order valence-electron chi connectivity index (χ0n) is 8.14. The second kappa shape index (κ2) is 3.73. The number of hydrogen-bond acceptors (Lipinski definition) is 4. The Morgan fingerprint density at radius 2 is 2.25 bits per heavy atom. The third kappa shape index (κ3) is 1.65. The molecule has 2 N–H and O–H groups in total. The van der Waals surface area contributed by atoms with E-state index in [-0.39, 0.29) is 17.8 Å². The Balaban J connectivity index is 2.51. The second-order valence-corrected chi connectivity index (χ2v) is 3.41. The van der Waals surface area contributed by atoms with Crippen LogP contribution in [-0.2, 0) is 9.59 Å². The van der Waals surface area contributed by atoms with Crippen molar-refractivity contribution in [3.05, 3.63) is 23.9 Å². The number of nitrogens with one attached hydrogen (secondary N) is 1. The Labute approximate surface area is 90.3 Å². The molecule has 0 saturated carbocycles. The van der Waals surface area contributed by atoms with Crippen LogP contribution in [-0.4, -0.2) is 27.8 Å². The fourth-order valence-corrected chi connectivity index (χ4v) is 1.55. The van der Waals surface area contributed by atoms with E-state index in [9.17, 15) is 14.4 Å². The lowest BCUT2D eigenvalue weighted by Gasteiger charge is -2.05. The predicted molar refractivity (Wildman–Crippen MR) is 52.9 cm³/mol. The number of nitrogens with zero attached hydrogens (tertiary/aromatic N) is 1. The van der Waals surface area contributed by atoms with Gasteiger partial charge in [-0.3, -0.25) is 14.4 Å². The molecular weight excluding hydrogens is 212 g/mol. The fourth-order valence-electron chi connectivity index (χ4n) is 1.55. The first-order valence-electron chi connectivity index (χ1n) is 4.61. The Morgan fingerprint density at radius 1 is 1.50 bits per heavy atom. The van der Waals surface area contributed by atoms with Crippen LogP contribution in [0.2, 0.25) is 0 Å². The molecule has 0 radical (unpaired) electrons. The summed E-state index contributed by atoms with van der Waals surface area (Å²) in [7, 11) is 0. The number of carboxylic acid groups (broad SMARTS) is 1. The monoisotopic (exact) mass is 220 g/mol. The van der Waals surface area contributed by atoms with Crippen LogP contribution in [0.5, 0.6) is 0 Å². The zero-order chi connectivity index (χ0) is 11.7. The molecule has 6 nitrogen and oxygen atoms in total. The molecule has 2 heterocycles. The molecule has 0 aliphatic carbocycles. The number of rotatable bonds is 1. The maximum atomic E-state index is 11.8. The van der Waals surface area contributed by atoms with E-state index in [0.29, 0.717) is 0 Å². The minimum atomic E-state index is -1.33. The summed E-state index contributed by atoms with van der Waals surface area (Å²) >= 11 is 0. The normalized spacial score (nSPS) is 19.6. The lowest BCUT2D eigenvalue weighted by atomic mass is 9.96. The van der Waals surface area contributed by atoms with Crippen LogP contribution in [0, 0.1) is 5.92 Å². The third-order valence-corrected chi connectivity index (χ3v) is 2.34. The van der Waals surface area contributed by atoms with Crippen molar-refractivity contribution in [3.8, 4) is 0 Å². The number of anilines is 1. The topological polar surface area (TPSA) is 96.4 Å². The number of ketones is 1. The summed E-state index contributed by atoms with van der Waals surface area (Å²) in [4.78, 5) is 37.8. The molecule has 0 saturated heterocycles. The van der Waals surface area contributed by atoms with Crippen molar-refractivity contribution in [1.29, 1.82) is 0 Å². The number of aromatic nitrogens is 1. The van der Waals surface area contributed by atoms with Gasteiger partial charge in [0.2, 0.25) is 5.91 Å². The highest BCUT2D eigenvalue weighted by Crippen LogP contribution is 2.23. The summed E-state index contributed by atoms with van der Waals surface area (Å²) in [5.41, 5.74) is 0.140. The molecule has 2 rings (SSSR count). The van der Waals surface area contributed by atoms with Gasteiger partial charge in [-0.1, -0.05) is 0 Å². The van der Waals surface area contributed by atoms with Gasteiger partial charge in [-0.15, -0.1) is 0 Å². The van der Waals surface area contributed by atoms with Gasteiger partial charge in [0, 0.05) is 12.6 Å². The summed E-state index contributed by atoms with van der Waals surface area (Å²) in [6.45, 7) is 0. The van der Waals surface area contributed by atoms with Crippen LogP contribution in [0.25, 0.3) is 0 Å². The quantitative estimate of drug-likeness (QED) is 0.664. The van der Waals surface area contributed by atoms with Gasteiger partial charge in [-0.2, -0.15) is 0 Å². The van der Waals surface area contributed by atoms with Crippen LogP contribution < -0.4 is 5.32 Å². The number of carbonyl (C=O) groups excluding carboxylic acids is 2. The van der Waals surface area contributed by atoms with Crippen molar-refractivity contribution in [2.45, 2.75) is 6.42 Å². The predicted octanol–water partition coefficient (Wildman–Crippen LogP) is 0.307. The molecule has 1 aromatic heterocycles. The molecule has 0 aromatic carbocycles. The number of Topliss-reactive ketones (excluding diaryl/α,β-unsaturated/α-hetero) is 1. The molecule has 1 aromatic rings. The van der Waals surface area contributed by atoms with Crippen molar-refractivity contribution in [2.75, 3.05) is 5.32 Å². The first kappa shape index (κ1) is 10.3. The Morgan fingerprint density at radius 3 is 2.94 bits per heavy atom. The van der Waals surface area contributed by atoms with Crippen molar-refractivity contribution < 1.29 is 19.5 Å². The van der Waals surface area contributed by atoms with Crippen molar-refractivity contribution in [1.82, 2.24) is 4.98 Å². The summed E-state index contributed by atoms with van der Waals surface area (Å²) in [5, 5.41) is 11.3. The van der Waals surface area contributed by atoms with Crippen LogP contribution in [0.1, 0.15) is 16.8 Å². The molecule has 1 atom stereocenters. The zero-order valence-corrected chi connectivity index (χ0v) is 8.14. The molecule has 0 fully saturated rings. The van der Waals surface area contributed by atoms with E-state index in [1.807, 2.05) is 0 Å². The Bertz CT molecular complexity index is 483. The Hall–Kier alpha value is -2.24. The van der Waals surface area contributed by atoms with Crippen LogP contribution in [0.3, 0.4) is 0 Å². The fraction of sp³-hybridized carbons (Fsp3) is 0.200. The first-order valence-corrected chi connectivity index (χ1v) is 4.61. The second-order valence-electron chi connectivity index (χ2n) is 3.41. The van der Waals surface area contributed by atoms with Crippen molar-refractivity contribution in [2.24, 2.45) is 5.92 Å². The molecule has 1 aliphatic heterocycles. The highest BCUT2D eigenvalue weighted by molar-refractivity contribution is 6.16. The van der Waals surface area contributed by atoms with E-state index < -0.39 is 23.6 Å². The van der Waals surface area contributed by atoms with E-state index in [4.69, 9.17) is 5.11 Å². The van der Waals surface area contributed by atoms with Gasteiger partial charge in [-0.05, 0) is 12.1 Å². The molecule has 0 spiro atoms. The maximum Gasteiger partial charge on any atom is 0.314 e. The lowest BCUT2D eigenvalue weighted by Crippen LogP contribution is -2.25. The minimum Gasteiger partial charge on any atom is -0.481 e. The molecule has 0 bridgehead atoms. The van der Waals surface area contributed by atoms with Crippen LogP contribution in [0.4, 0.5) is 5.82 Å². The molecular formula is C10H8N2O4. The van der Waals surface area contributed by atoms with Crippen molar-refractivity contribution >= 4 is 23.5 Å². The molecule has 82 valence electrons. The summed E-state index contributed by atoms with van der Waals surface area (Å²) < 4.78 is 0. The van der Waals surface area contributed by atoms with E-state index in [0.717, 1.165) is 0 Å². The molecule has 1 aliphatic rings. The van der Waals surface area contributed by atoms with Gasteiger partial charge in [0.1, 0.15) is 11.7 Å². The number of carboxylic acids is 1. The van der Waals surface area contributed by atoms with E-state index in [2.05, 4.69) is 10.3 Å². The van der Waals surface area contributed by atoms with Gasteiger partial charge in [0.25, 0.3) is 0 Å². The SMILES string of the molecule is O=C1CC(C(=O)O)C(=O)c2cccnc2N1. The molecule has 1 unspecified atom stereocenters. The Kier molecular flexibility index (Phi) is 2.40. The van der Waals surface area contributed by atoms with Gasteiger partial charge < -0.3 is 10.4 Å². The van der Waals surface area contributed by atoms with Gasteiger partial charge in [0.05, 0.1) is 5.56 Å². The molecule has 6 heteroatoms. The van der Waals surface area contributed by atoms with Crippen LogP contribution >= 0.6 is 0 Å².